The van der Waals surface area contributed by atoms with Gasteiger partial charge in [-0.3, -0.25) is 4.79 Å². The van der Waals surface area contributed by atoms with Crippen LogP contribution in [0, 0.1) is 5.92 Å². The van der Waals surface area contributed by atoms with E-state index in [0.29, 0.717) is 18.9 Å². The van der Waals surface area contributed by atoms with Crippen LogP contribution in [0.4, 0.5) is 0 Å². The van der Waals surface area contributed by atoms with Crippen LogP contribution in [0.15, 0.2) is 30.3 Å². The van der Waals surface area contributed by atoms with E-state index in [9.17, 15) is 4.79 Å². The van der Waals surface area contributed by atoms with Crippen molar-refractivity contribution in [3.05, 3.63) is 35.9 Å². The molecule has 1 fully saturated rings. The lowest BCUT2D eigenvalue weighted by atomic mass is 9.87. The lowest BCUT2D eigenvalue weighted by molar-refractivity contribution is -0.159. The molecule has 0 aliphatic carbocycles. The Morgan fingerprint density at radius 3 is 2.68 bits per heavy atom. The predicted octanol–water partition coefficient (Wildman–Crippen LogP) is 2.69. The van der Waals surface area contributed by atoms with Crippen molar-refractivity contribution < 1.29 is 14.3 Å². The van der Waals surface area contributed by atoms with Gasteiger partial charge in [0.15, 0.2) is 0 Å². The standard InChI is InChI=1S/C18H27NO3/c1-3-21-17-13(2)22-18(20)16(19)11-7-10-15(17)12-14-8-5-4-6-9-14/h4-6,8-9,13,15-17H,3,7,10-12,19H2,1-2H3. The molecule has 1 aliphatic rings. The largest absolute Gasteiger partial charge is 0.459 e. The topological polar surface area (TPSA) is 61.5 Å². The summed E-state index contributed by atoms with van der Waals surface area (Å²) < 4.78 is 11.5. The first-order valence-corrected chi connectivity index (χ1v) is 8.23. The maximum absolute atomic E-state index is 11.9. The molecule has 22 heavy (non-hydrogen) atoms. The van der Waals surface area contributed by atoms with Crippen molar-refractivity contribution in [3.63, 3.8) is 0 Å². The molecule has 4 nitrogen and oxygen atoms in total. The Bertz CT molecular complexity index is 463. The van der Waals surface area contributed by atoms with Crippen LogP contribution < -0.4 is 5.73 Å². The maximum atomic E-state index is 11.9. The van der Waals surface area contributed by atoms with Crippen LogP contribution in [-0.4, -0.2) is 30.8 Å². The van der Waals surface area contributed by atoms with E-state index in [1.165, 1.54) is 5.56 Å². The zero-order chi connectivity index (χ0) is 15.9. The highest BCUT2D eigenvalue weighted by Crippen LogP contribution is 2.27. The van der Waals surface area contributed by atoms with Crippen LogP contribution in [0.5, 0.6) is 0 Å². The summed E-state index contributed by atoms with van der Waals surface area (Å²) in [6.45, 7) is 4.50. The number of rotatable bonds is 4. The number of esters is 1. The molecule has 2 rings (SSSR count). The Kier molecular flexibility index (Phi) is 6.40. The van der Waals surface area contributed by atoms with E-state index >= 15 is 0 Å². The first kappa shape index (κ1) is 17.0. The average molecular weight is 305 g/mol. The second-order valence-electron chi connectivity index (χ2n) is 6.05. The summed E-state index contributed by atoms with van der Waals surface area (Å²) in [6.07, 6.45) is 3.17. The Morgan fingerprint density at radius 1 is 1.27 bits per heavy atom. The monoisotopic (exact) mass is 305 g/mol. The third-order valence-electron chi connectivity index (χ3n) is 4.32. The van der Waals surface area contributed by atoms with E-state index in [-0.39, 0.29) is 18.2 Å². The molecule has 122 valence electrons. The van der Waals surface area contributed by atoms with Gasteiger partial charge in [-0.15, -0.1) is 0 Å². The van der Waals surface area contributed by atoms with Crippen LogP contribution in [-0.2, 0) is 20.7 Å². The van der Waals surface area contributed by atoms with Crippen molar-refractivity contribution in [2.24, 2.45) is 11.7 Å². The first-order chi connectivity index (χ1) is 10.6. The van der Waals surface area contributed by atoms with Gasteiger partial charge in [0.25, 0.3) is 0 Å². The SMILES string of the molecule is CCOC1C(Cc2ccccc2)CCCC(N)C(=O)OC1C. The summed E-state index contributed by atoms with van der Waals surface area (Å²) in [5.74, 6) is 0.0213. The van der Waals surface area contributed by atoms with Crippen molar-refractivity contribution in [2.45, 2.75) is 57.8 Å². The molecular formula is C18H27NO3. The van der Waals surface area contributed by atoms with E-state index in [0.717, 1.165) is 19.3 Å². The zero-order valence-electron chi connectivity index (χ0n) is 13.5. The van der Waals surface area contributed by atoms with Gasteiger partial charge in [0, 0.05) is 6.61 Å². The lowest BCUT2D eigenvalue weighted by Gasteiger charge is -2.31. The molecule has 0 spiro atoms. The normalized spacial score (nSPS) is 30.0. The van der Waals surface area contributed by atoms with E-state index in [1.807, 2.05) is 19.9 Å². The third-order valence-corrected chi connectivity index (χ3v) is 4.32. The highest BCUT2D eigenvalue weighted by molar-refractivity contribution is 5.75. The van der Waals surface area contributed by atoms with Crippen molar-refractivity contribution in [1.82, 2.24) is 0 Å². The Hall–Kier alpha value is -1.39. The third kappa shape index (κ3) is 4.55. The minimum Gasteiger partial charge on any atom is -0.459 e. The molecule has 4 atom stereocenters. The van der Waals surface area contributed by atoms with E-state index in [4.69, 9.17) is 15.2 Å². The average Bonchev–Trinajstić information content (AvgIpc) is 2.55. The van der Waals surface area contributed by atoms with Gasteiger partial charge in [0.1, 0.15) is 12.1 Å². The first-order valence-electron chi connectivity index (χ1n) is 8.23. The molecule has 1 aromatic carbocycles. The molecule has 0 bridgehead atoms. The van der Waals surface area contributed by atoms with Crippen molar-refractivity contribution in [3.8, 4) is 0 Å². The fourth-order valence-electron chi connectivity index (χ4n) is 3.20. The lowest BCUT2D eigenvalue weighted by Crippen LogP contribution is -2.40. The van der Waals surface area contributed by atoms with Crippen LogP contribution >= 0.6 is 0 Å². The summed E-state index contributed by atoms with van der Waals surface area (Å²) in [6, 6.07) is 9.89. The predicted molar refractivity (Wildman–Crippen MR) is 86.4 cm³/mol. The molecule has 4 unspecified atom stereocenters. The number of carbonyl (C=O) groups is 1. The molecule has 1 aliphatic heterocycles. The molecule has 1 aromatic rings. The zero-order valence-corrected chi connectivity index (χ0v) is 13.5. The van der Waals surface area contributed by atoms with Crippen molar-refractivity contribution >= 4 is 5.97 Å². The molecule has 0 radical (unpaired) electrons. The van der Waals surface area contributed by atoms with Crippen LogP contribution in [0.2, 0.25) is 0 Å². The Balaban J connectivity index is 2.16. The van der Waals surface area contributed by atoms with Gasteiger partial charge in [-0.05, 0) is 44.6 Å². The van der Waals surface area contributed by atoms with Gasteiger partial charge in [-0.2, -0.15) is 0 Å². The van der Waals surface area contributed by atoms with Gasteiger partial charge < -0.3 is 15.2 Å². The van der Waals surface area contributed by atoms with Gasteiger partial charge in [-0.25, -0.2) is 0 Å². The highest BCUT2D eigenvalue weighted by atomic mass is 16.6. The fraction of sp³-hybridized carbons (Fsp3) is 0.611. The molecular weight excluding hydrogens is 278 g/mol. The molecule has 4 heteroatoms. The molecule has 1 saturated heterocycles. The van der Waals surface area contributed by atoms with E-state index < -0.39 is 6.04 Å². The summed E-state index contributed by atoms with van der Waals surface area (Å²) in [5.41, 5.74) is 7.17. The maximum Gasteiger partial charge on any atom is 0.323 e. The molecule has 0 saturated carbocycles. The summed E-state index contributed by atoms with van der Waals surface area (Å²) in [7, 11) is 0. The number of benzene rings is 1. The summed E-state index contributed by atoms with van der Waals surface area (Å²) in [5, 5.41) is 0. The molecule has 1 heterocycles. The van der Waals surface area contributed by atoms with E-state index in [2.05, 4.69) is 24.3 Å². The van der Waals surface area contributed by atoms with Gasteiger partial charge in [0.05, 0.1) is 6.10 Å². The Labute approximate surface area is 133 Å². The molecule has 0 aromatic heterocycles. The second-order valence-corrected chi connectivity index (χ2v) is 6.05. The van der Waals surface area contributed by atoms with Gasteiger partial charge in [0.2, 0.25) is 0 Å². The quantitative estimate of drug-likeness (QED) is 0.869. The Morgan fingerprint density at radius 2 is 2.00 bits per heavy atom. The fourth-order valence-corrected chi connectivity index (χ4v) is 3.20. The van der Waals surface area contributed by atoms with Crippen LogP contribution in [0.3, 0.4) is 0 Å². The molecule has 2 N–H and O–H groups in total. The number of ether oxygens (including phenoxy) is 2. The number of hydrogen-bond acceptors (Lipinski definition) is 4. The highest BCUT2D eigenvalue weighted by Gasteiger charge is 2.33. The second kappa shape index (κ2) is 8.30. The van der Waals surface area contributed by atoms with Crippen LogP contribution in [0.1, 0.15) is 38.7 Å². The summed E-state index contributed by atoms with van der Waals surface area (Å²) in [4.78, 5) is 11.9. The minimum absolute atomic E-state index is 0.0838. The smallest absolute Gasteiger partial charge is 0.323 e. The summed E-state index contributed by atoms with van der Waals surface area (Å²) >= 11 is 0. The number of nitrogens with two attached hydrogens (primary N) is 1. The van der Waals surface area contributed by atoms with Gasteiger partial charge in [-0.1, -0.05) is 36.8 Å². The number of hydrogen-bond donors (Lipinski definition) is 1. The van der Waals surface area contributed by atoms with Crippen molar-refractivity contribution in [2.75, 3.05) is 6.61 Å². The number of carbonyl (C=O) groups excluding carboxylic acids is 1. The van der Waals surface area contributed by atoms with E-state index in [1.54, 1.807) is 0 Å². The van der Waals surface area contributed by atoms with Crippen LogP contribution in [0.25, 0.3) is 0 Å². The number of cyclic esters (lactones) is 1. The van der Waals surface area contributed by atoms with Crippen molar-refractivity contribution in [1.29, 1.82) is 0 Å². The minimum atomic E-state index is -0.514. The molecule has 0 amide bonds. The van der Waals surface area contributed by atoms with Gasteiger partial charge >= 0.3 is 5.97 Å².